The number of nitrogens with one attached hydrogen (secondary N) is 1. The second kappa shape index (κ2) is 9.72. The fourth-order valence-electron chi connectivity index (χ4n) is 2.82. The zero-order chi connectivity index (χ0) is 21.7. The Bertz CT molecular complexity index is 1030. The number of benzene rings is 1. The summed E-state index contributed by atoms with van der Waals surface area (Å²) < 4.78 is 6.96. The molecule has 2 aromatic heterocycles. The molecule has 9 nitrogen and oxygen atoms in total. The molecule has 158 valence electrons. The number of aromatic nitrogens is 4. The Morgan fingerprint density at radius 2 is 2.03 bits per heavy atom. The summed E-state index contributed by atoms with van der Waals surface area (Å²) in [6.45, 7) is 3.74. The van der Waals surface area contributed by atoms with Crippen LogP contribution in [0.1, 0.15) is 40.3 Å². The molecule has 0 bridgehead atoms. The van der Waals surface area contributed by atoms with Gasteiger partial charge in [0.25, 0.3) is 0 Å². The summed E-state index contributed by atoms with van der Waals surface area (Å²) >= 11 is 2.43. The summed E-state index contributed by atoms with van der Waals surface area (Å²) in [5, 5.41) is 11.5. The Hall–Kier alpha value is -2.92. The van der Waals surface area contributed by atoms with Crippen molar-refractivity contribution in [2.45, 2.75) is 38.1 Å². The molecule has 1 amide bonds. The van der Waals surface area contributed by atoms with Crippen molar-refractivity contribution >= 4 is 46.1 Å². The van der Waals surface area contributed by atoms with Crippen molar-refractivity contribution in [1.29, 1.82) is 0 Å². The molecule has 1 atom stereocenters. The monoisotopic (exact) mass is 446 g/mol. The van der Waals surface area contributed by atoms with Gasteiger partial charge in [-0.25, -0.2) is 9.78 Å². The molecule has 0 fully saturated rings. The first-order valence-corrected chi connectivity index (χ1v) is 11.2. The van der Waals surface area contributed by atoms with E-state index in [1.165, 1.54) is 11.8 Å². The average molecular weight is 447 g/mol. The number of rotatable bonds is 8. The van der Waals surface area contributed by atoms with Crippen LogP contribution in [-0.4, -0.2) is 37.9 Å². The lowest BCUT2D eigenvalue weighted by Gasteiger charge is -2.17. The number of ether oxygens (including phenoxy) is 1. The third-order valence-corrected chi connectivity index (χ3v) is 6.00. The number of anilines is 2. The number of hydrogen-bond donors (Lipinski definition) is 2. The topological polar surface area (TPSA) is 125 Å². The van der Waals surface area contributed by atoms with Gasteiger partial charge in [-0.2, -0.15) is 0 Å². The standard InChI is InChI=1S/C19H22N6O3S2/c1-4-13(25-17(20)23-24-19(25)29-3)15(26)22-18-21-11(2)14(30-18)16(27)28-10-12-8-6-5-7-9-12/h5-9,13H,4,10H2,1-3H3,(H2,20,23)(H,21,22,26). The predicted octanol–water partition coefficient (Wildman–Crippen LogP) is 3.29. The van der Waals surface area contributed by atoms with Crippen LogP contribution < -0.4 is 11.1 Å². The molecule has 0 aliphatic rings. The van der Waals surface area contributed by atoms with Gasteiger partial charge in [-0.05, 0) is 25.2 Å². The van der Waals surface area contributed by atoms with Gasteiger partial charge in [-0.1, -0.05) is 60.4 Å². The highest BCUT2D eigenvalue weighted by Gasteiger charge is 2.26. The Labute approximate surface area is 182 Å². The maximum Gasteiger partial charge on any atom is 0.350 e. The fourth-order valence-corrected chi connectivity index (χ4v) is 4.23. The number of thioether (sulfide) groups is 1. The molecular formula is C19H22N6O3S2. The van der Waals surface area contributed by atoms with Crippen LogP contribution in [0.25, 0.3) is 0 Å². The molecule has 3 rings (SSSR count). The third kappa shape index (κ3) is 4.79. The summed E-state index contributed by atoms with van der Waals surface area (Å²) in [7, 11) is 0. The number of carbonyl (C=O) groups is 2. The van der Waals surface area contributed by atoms with Gasteiger partial charge in [0, 0.05) is 0 Å². The average Bonchev–Trinajstić information content (AvgIpc) is 3.30. The van der Waals surface area contributed by atoms with E-state index >= 15 is 0 Å². The molecule has 30 heavy (non-hydrogen) atoms. The minimum absolute atomic E-state index is 0.168. The summed E-state index contributed by atoms with van der Waals surface area (Å²) in [6, 6.07) is 8.81. The predicted molar refractivity (Wildman–Crippen MR) is 117 cm³/mol. The SMILES string of the molecule is CCC(C(=O)Nc1nc(C)c(C(=O)OCc2ccccc2)s1)n1c(N)nnc1SC. The Balaban J connectivity index is 1.70. The minimum Gasteiger partial charge on any atom is -0.457 e. The first-order chi connectivity index (χ1) is 14.4. The zero-order valence-electron chi connectivity index (χ0n) is 16.8. The van der Waals surface area contributed by atoms with E-state index in [1.54, 1.807) is 11.5 Å². The minimum atomic E-state index is -0.597. The largest absolute Gasteiger partial charge is 0.457 e. The van der Waals surface area contributed by atoms with Crippen LogP contribution in [0.2, 0.25) is 0 Å². The molecule has 2 heterocycles. The van der Waals surface area contributed by atoms with E-state index < -0.39 is 12.0 Å². The number of carbonyl (C=O) groups excluding carboxylic acids is 2. The number of nitrogens with two attached hydrogens (primary N) is 1. The van der Waals surface area contributed by atoms with E-state index in [4.69, 9.17) is 10.5 Å². The van der Waals surface area contributed by atoms with Crippen molar-refractivity contribution in [2.75, 3.05) is 17.3 Å². The summed E-state index contributed by atoms with van der Waals surface area (Å²) in [5.74, 6) is -0.617. The van der Waals surface area contributed by atoms with Crippen molar-refractivity contribution in [3.05, 3.63) is 46.5 Å². The van der Waals surface area contributed by atoms with Gasteiger partial charge in [0.2, 0.25) is 11.9 Å². The van der Waals surface area contributed by atoms with Crippen LogP contribution in [0.15, 0.2) is 35.5 Å². The Kier molecular flexibility index (Phi) is 7.06. The van der Waals surface area contributed by atoms with Crippen LogP contribution >= 0.6 is 23.1 Å². The van der Waals surface area contributed by atoms with Gasteiger partial charge in [0.05, 0.1) is 5.69 Å². The summed E-state index contributed by atoms with van der Waals surface area (Å²) in [4.78, 5) is 29.9. The van der Waals surface area contributed by atoms with E-state index in [1.807, 2.05) is 43.5 Å². The number of aryl methyl sites for hydroxylation is 1. The number of amides is 1. The Morgan fingerprint density at radius 3 is 2.70 bits per heavy atom. The summed E-state index contributed by atoms with van der Waals surface area (Å²) in [6.07, 6.45) is 2.32. The van der Waals surface area contributed by atoms with Crippen LogP contribution in [-0.2, 0) is 16.1 Å². The normalized spacial score (nSPS) is 11.8. The van der Waals surface area contributed by atoms with Crippen molar-refractivity contribution in [1.82, 2.24) is 19.7 Å². The maximum atomic E-state index is 12.9. The van der Waals surface area contributed by atoms with Gasteiger partial charge in [-0.15, -0.1) is 10.2 Å². The molecule has 11 heteroatoms. The van der Waals surface area contributed by atoms with Crippen molar-refractivity contribution < 1.29 is 14.3 Å². The molecule has 1 unspecified atom stereocenters. The molecule has 0 aliphatic carbocycles. The number of hydrogen-bond acceptors (Lipinski definition) is 9. The second-order valence-corrected chi connectivity index (χ2v) is 8.10. The molecule has 0 radical (unpaired) electrons. The van der Waals surface area contributed by atoms with Crippen molar-refractivity contribution in [3.63, 3.8) is 0 Å². The molecule has 0 saturated carbocycles. The van der Waals surface area contributed by atoms with Crippen molar-refractivity contribution in [3.8, 4) is 0 Å². The number of thiazole rings is 1. The smallest absolute Gasteiger partial charge is 0.350 e. The van der Waals surface area contributed by atoms with Gasteiger partial charge in [-0.3, -0.25) is 9.36 Å². The van der Waals surface area contributed by atoms with Gasteiger partial charge in [0.1, 0.15) is 17.5 Å². The maximum absolute atomic E-state index is 12.9. The molecule has 1 aromatic carbocycles. The van der Waals surface area contributed by atoms with Crippen LogP contribution in [0.4, 0.5) is 11.1 Å². The highest BCUT2D eigenvalue weighted by atomic mass is 32.2. The van der Waals surface area contributed by atoms with E-state index in [0.29, 0.717) is 27.3 Å². The zero-order valence-corrected chi connectivity index (χ0v) is 18.4. The fraction of sp³-hybridized carbons (Fsp3) is 0.316. The second-order valence-electron chi connectivity index (χ2n) is 6.32. The van der Waals surface area contributed by atoms with Gasteiger partial charge < -0.3 is 15.8 Å². The molecule has 0 aliphatic heterocycles. The van der Waals surface area contributed by atoms with Crippen LogP contribution in [0, 0.1) is 6.92 Å². The molecule has 0 spiro atoms. The lowest BCUT2D eigenvalue weighted by molar-refractivity contribution is -0.119. The Morgan fingerprint density at radius 1 is 1.30 bits per heavy atom. The van der Waals surface area contributed by atoms with E-state index in [-0.39, 0.29) is 18.5 Å². The lowest BCUT2D eigenvalue weighted by Crippen LogP contribution is -2.27. The number of esters is 1. The van der Waals surface area contributed by atoms with Gasteiger partial charge >= 0.3 is 5.97 Å². The summed E-state index contributed by atoms with van der Waals surface area (Å²) in [5.41, 5.74) is 7.28. The molecule has 0 saturated heterocycles. The number of nitrogens with zero attached hydrogens (tertiary/aromatic N) is 4. The molecule has 3 aromatic rings. The number of nitrogen functional groups attached to an aromatic ring is 1. The molecule has 3 N–H and O–H groups in total. The van der Waals surface area contributed by atoms with Gasteiger partial charge in [0.15, 0.2) is 10.3 Å². The van der Waals surface area contributed by atoms with E-state index in [9.17, 15) is 9.59 Å². The lowest BCUT2D eigenvalue weighted by atomic mass is 10.2. The first kappa shape index (κ1) is 21.8. The quantitative estimate of drug-likeness (QED) is 0.399. The van der Waals surface area contributed by atoms with Crippen LogP contribution in [0.3, 0.4) is 0 Å². The molecular weight excluding hydrogens is 424 g/mol. The highest BCUT2D eigenvalue weighted by molar-refractivity contribution is 7.98. The highest BCUT2D eigenvalue weighted by Crippen LogP contribution is 2.27. The third-order valence-electron chi connectivity index (χ3n) is 4.30. The van der Waals surface area contributed by atoms with E-state index in [0.717, 1.165) is 16.9 Å². The first-order valence-electron chi connectivity index (χ1n) is 9.18. The van der Waals surface area contributed by atoms with E-state index in [2.05, 4.69) is 20.5 Å². The van der Waals surface area contributed by atoms with Crippen LogP contribution in [0.5, 0.6) is 0 Å². The van der Waals surface area contributed by atoms with Crippen molar-refractivity contribution in [2.24, 2.45) is 0 Å².